The van der Waals surface area contributed by atoms with Gasteiger partial charge in [0.1, 0.15) is 11.6 Å². The molecule has 150 valence electrons. The monoisotopic (exact) mass is 405 g/mol. The predicted molar refractivity (Wildman–Crippen MR) is 107 cm³/mol. The molecule has 2 N–H and O–H groups in total. The minimum absolute atomic E-state index is 0.0469. The fraction of sp³-hybridized carbons (Fsp3) is 0.136. The molecule has 30 heavy (non-hydrogen) atoms. The smallest absolute Gasteiger partial charge is 0.375 e. The maximum Gasteiger partial charge on any atom is 0.375 e. The normalized spacial score (nSPS) is 13.1. The molecule has 0 bridgehead atoms. The SMILES string of the molecule is Cc1c(C(=O)O[C@@H](C)/C(O)=C(\C#N)c2nc3ccccc3[nH]2)oc2c(F)cccc12. The van der Waals surface area contributed by atoms with E-state index in [-0.39, 0.29) is 22.7 Å². The van der Waals surface area contributed by atoms with Gasteiger partial charge in [-0.05, 0) is 32.0 Å². The van der Waals surface area contributed by atoms with Crippen molar-refractivity contribution in [3.05, 3.63) is 71.2 Å². The number of allylic oxidation sites excluding steroid dienone is 1. The first-order valence-corrected chi connectivity index (χ1v) is 9.07. The van der Waals surface area contributed by atoms with Gasteiger partial charge in [-0.15, -0.1) is 0 Å². The van der Waals surface area contributed by atoms with Crippen LogP contribution in [0.1, 0.15) is 28.9 Å². The van der Waals surface area contributed by atoms with Gasteiger partial charge in [0.15, 0.2) is 29.1 Å². The molecule has 2 aromatic carbocycles. The van der Waals surface area contributed by atoms with Gasteiger partial charge in [0.2, 0.25) is 5.76 Å². The maximum atomic E-state index is 13.9. The summed E-state index contributed by atoms with van der Waals surface area (Å²) in [4.78, 5) is 19.8. The van der Waals surface area contributed by atoms with Gasteiger partial charge in [-0.1, -0.05) is 24.3 Å². The van der Waals surface area contributed by atoms with Gasteiger partial charge in [-0.2, -0.15) is 5.26 Å². The molecule has 8 heteroatoms. The highest BCUT2D eigenvalue weighted by Gasteiger charge is 2.26. The second-order valence-electron chi connectivity index (χ2n) is 6.69. The number of aromatic amines is 1. The summed E-state index contributed by atoms with van der Waals surface area (Å²) in [5.74, 6) is -1.96. The van der Waals surface area contributed by atoms with E-state index < -0.39 is 23.6 Å². The van der Waals surface area contributed by atoms with E-state index >= 15 is 0 Å². The van der Waals surface area contributed by atoms with Gasteiger partial charge < -0.3 is 19.2 Å². The molecule has 0 amide bonds. The fourth-order valence-electron chi connectivity index (χ4n) is 3.18. The summed E-state index contributed by atoms with van der Waals surface area (Å²) in [7, 11) is 0. The lowest BCUT2D eigenvalue weighted by Gasteiger charge is -2.13. The number of aliphatic hydroxyl groups excluding tert-OH is 1. The lowest BCUT2D eigenvalue weighted by molar-refractivity contribution is 0.0300. The van der Waals surface area contributed by atoms with Gasteiger partial charge in [0.25, 0.3) is 0 Å². The van der Waals surface area contributed by atoms with Crippen LogP contribution in [0, 0.1) is 24.1 Å². The van der Waals surface area contributed by atoms with E-state index in [1.807, 2.05) is 12.1 Å². The molecule has 4 aromatic rings. The standard InChI is InChI=1S/C22H16FN3O4/c1-11-13-6-5-7-15(23)20(13)30-19(11)22(28)29-12(2)18(27)14(10-24)21-25-16-8-3-4-9-17(16)26-21/h3-9,12,27H,1-2H3,(H,25,26)/b18-14-/t12-/m0/s1. The third-order valence-corrected chi connectivity index (χ3v) is 4.76. The molecular formula is C22H16FN3O4. The van der Waals surface area contributed by atoms with E-state index in [0.29, 0.717) is 22.0 Å². The first-order chi connectivity index (χ1) is 14.4. The highest BCUT2D eigenvalue weighted by Crippen LogP contribution is 2.28. The Kier molecular flexibility index (Phi) is 4.72. The van der Waals surface area contributed by atoms with Gasteiger partial charge in [-0.3, -0.25) is 0 Å². The van der Waals surface area contributed by atoms with E-state index in [0.717, 1.165) is 0 Å². The van der Waals surface area contributed by atoms with Crippen LogP contribution in [0.2, 0.25) is 0 Å². The molecule has 0 spiro atoms. The summed E-state index contributed by atoms with van der Waals surface area (Å²) in [5.41, 5.74) is 1.53. The largest absolute Gasteiger partial charge is 0.507 e. The van der Waals surface area contributed by atoms with Crippen LogP contribution in [0.5, 0.6) is 0 Å². The second kappa shape index (κ2) is 7.37. The summed E-state index contributed by atoms with van der Waals surface area (Å²) in [6.45, 7) is 3.02. The van der Waals surface area contributed by atoms with Crippen molar-refractivity contribution >= 4 is 33.5 Å². The number of fused-ring (bicyclic) bond motifs is 2. The second-order valence-corrected chi connectivity index (χ2v) is 6.69. The zero-order valence-corrected chi connectivity index (χ0v) is 16.1. The summed E-state index contributed by atoms with van der Waals surface area (Å²) in [5, 5.41) is 20.5. The summed E-state index contributed by atoms with van der Waals surface area (Å²) >= 11 is 0. The molecule has 2 aromatic heterocycles. The number of rotatable bonds is 4. The topological polar surface area (TPSA) is 112 Å². The molecule has 0 saturated carbocycles. The van der Waals surface area contributed by atoms with Crippen molar-refractivity contribution < 1.29 is 23.4 Å². The van der Waals surface area contributed by atoms with Crippen molar-refractivity contribution in [3.8, 4) is 6.07 Å². The van der Waals surface area contributed by atoms with E-state index in [4.69, 9.17) is 9.15 Å². The molecule has 0 radical (unpaired) electrons. The van der Waals surface area contributed by atoms with E-state index in [2.05, 4.69) is 9.97 Å². The molecule has 4 rings (SSSR count). The fourth-order valence-corrected chi connectivity index (χ4v) is 3.18. The van der Waals surface area contributed by atoms with Crippen LogP contribution in [-0.4, -0.2) is 27.1 Å². The molecule has 2 heterocycles. The van der Waals surface area contributed by atoms with Crippen molar-refractivity contribution in [1.82, 2.24) is 9.97 Å². The Labute approximate surface area is 170 Å². The third kappa shape index (κ3) is 3.16. The molecule has 0 aliphatic carbocycles. The molecule has 1 atom stereocenters. The Morgan fingerprint density at radius 2 is 2.07 bits per heavy atom. The van der Waals surface area contributed by atoms with Crippen molar-refractivity contribution in [2.75, 3.05) is 0 Å². The lowest BCUT2D eigenvalue weighted by Crippen LogP contribution is -2.18. The molecule has 0 saturated heterocycles. The average Bonchev–Trinajstić information content (AvgIpc) is 3.30. The van der Waals surface area contributed by atoms with Gasteiger partial charge in [0, 0.05) is 10.9 Å². The van der Waals surface area contributed by atoms with Gasteiger partial charge in [0.05, 0.1) is 11.0 Å². The number of hydrogen-bond donors (Lipinski definition) is 2. The number of nitrogens with one attached hydrogen (secondary N) is 1. The maximum absolute atomic E-state index is 13.9. The molecule has 7 nitrogen and oxygen atoms in total. The predicted octanol–water partition coefficient (Wildman–Crippen LogP) is 4.79. The minimum atomic E-state index is -1.17. The number of para-hydroxylation sites is 3. The number of furan rings is 1. The number of halogens is 1. The summed E-state index contributed by atoms with van der Waals surface area (Å²) in [6, 6.07) is 13.4. The number of carbonyl (C=O) groups is 1. The number of aromatic nitrogens is 2. The number of esters is 1. The van der Waals surface area contributed by atoms with Crippen molar-refractivity contribution in [2.24, 2.45) is 0 Å². The Hall–Kier alpha value is -4.12. The number of carbonyl (C=O) groups excluding carboxylic acids is 1. The average molecular weight is 405 g/mol. The van der Waals surface area contributed by atoms with Crippen LogP contribution in [0.15, 0.2) is 52.6 Å². The number of H-pyrrole nitrogens is 1. The number of nitrogens with zero attached hydrogens (tertiary/aromatic N) is 2. The number of benzene rings is 2. The third-order valence-electron chi connectivity index (χ3n) is 4.76. The van der Waals surface area contributed by atoms with Crippen molar-refractivity contribution in [1.29, 1.82) is 5.26 Å². The zero-order valence-electron chi connectivity index (χ0n) is 16.1. The highest BCUT2D eigenvalue weighted by atomic mass is 19.1. The van der Waals surface area contributed by atoms with Crippen LogP contribution in [0.25, 0.3) is 27.6 Å². The number of hydrogen-bond acceptors (Lipinski definition) is 6. The van der Waals surface area contributed by atoms with E-state index in [1.165, 1.54) is 19.1 Å². The lowest BCUT2D eigenvalue weighted by atomic mass is 10.1. The number of ether oxygens (including phenoxy) is 1. The first kappa shape index (κ1) is 19.2. The molecule has 0 aliphatic heterocycles. The van der Waals surface area contributed by atoms with Crippen LogP contribution in [0.4, 0.5) is 4.39 Å². The Balaban J connectivity index is 1.64. The Morgan fingerprint density at radius 3 is 2.77 bits per heavy atom. The van der Waals surface area contributed by atoms with Gasteiger partial charge >= 0.3 is 5.97 Å². The summed E-state index contributed by atoms with van der Waals surface area (Å²) < 4.78 is 24.5. The molecule has 0 fully saturated rings. The number of aliphatic hydroxyl groups is 1. The van der Waals surface area contributed by atoms with Crippen LogP contribution in [0.3, 0.4) is 0 Å². The van der Waals surface area contributed by atoms with E-state index in [1.54, 1.807) is 31.2 Å². The zero-order chi connectivity index (χ0) is 21.4. The van der Waals surface area contributed by atoms with Crippen LogP contribution < -0.4 is 0 Å². The van der Waals surface area contributed by atoms with Crippen LogP contribution >= 0.6 is 0 Å². The Morgan fingerprint density at radius 1 is 1.30 bits per heavy atom. The van der Waals surface area contributed by atoms with Crippen molar-refractivity contribution in [2.45, 2.75) is 20.0 Å². The molecule has 0 unspecified atom stereocenters. The van der Waals surface area contributed by atoms with Crippen molar-refractivity contribution in [3.63, 3.8) is 0 Å². The molecule has 0 aliphatic rings. The van der Waals surface area contributed by atoms with E-state index in [9.17, 15) is 19.6 Å². The highest BCUT2D eigenvalue weighted by molar-refractivity contribution is 5.96. The van der Waals surface area contributed by atoms with Crippen LogP contribution in [-0.2, 0) is 4.74 Å². The van der Waals surface area contributed by atoms with Gasteiger partial charge in [-0.25, -0.2) is 14.2 Å². The number of aryl methyl sites for hydroxylation is 1. The molecular weight excluding hydrogens is 389 g/mol. The quantitative estimate of drug-likeness (QED) is 0.287. The Bertz CT molecular complexity index is 1330. The minimum Gasteiger partial charge on any atom is -0.507 e. The number of imidazole rings is 1. The number of nitriles is 1. The summed E-state index contributed by atoms with van der Waals surface area (Å²) in [6.07, 6.45) is -1.17. The first-order valence-electron chi connectivity index (χ1n) is 9.07.